The highest BCUT2D eigenvalue weighted by molar-refractivity contribution is 7.90. The van der Waals surface area contributed by atoms with Gasteiger partial charge in [-0.25, -0.2) is 8.42 Å². The number of fused-ring (bicyclic) bond motifs is 1. The van der Waals surface area contributed by atoms with Crippen LogP contribution in [-0.2, 0) is 14.8 Å². The lowest BCUT2D eigenvalue weighted by molar-refractivity contribution is -0.121. The largest absolute Gasteiger partial charge is 0.356 e. The lowest BCUT2D eigenvalue weighted by Crippen LogP contribution is -2.34. The van der Waals surface area contributed by atoms with Crippen LogP contribution in [0.3, 0.4) is 0 Å². The standard InChI is InChI=1S/C18H26N4O3S.ClH/c1-13(11-17(23)20-10-8-14-5-4-9-19-12-14)21-18-15-6-2-3-7-16(15)26(24,25)22-18;/h2-3,6-7,13-14,19H,4-5,8-12H2,1H3,(H,20,23)(H,21,22);1H. The summed E-state index contributed by atoms with van der Waals surface area (Å²) in [7, 11) is -3.54. The van der Waals surface area contributed by atoms with E-state index in [0.29, 0.717) is 23.9 Å². The lowest BCUT2D eigenvalue weighted by atomic mass is 9.96. The lowest BCUT2D eigenvalue weighted by Gasteiger charge is -2.22. The highest BCUT2D eigenvalue weighted by Gasteiger charge is 2.30. The van der Waals surface area contributed by atoms with Crippen molar-refractivity contribution in [2.24, 2.45) is 10.9 Å². The van der Waals surface area contributed by atoms with E-state index in [1.165, 1.54) is 12.8 Å². The molecule has 1 fully saturated rings. The molecule has 27 heavy (non-hydrogen) atoms. The fourth-order valence-electron chi connectivity index (χ4n) is 3.42. The highest BCUT2D eigenvalue weighted by Crippen LogP contribution is 2.22. The van der Waals surface area contributed by atoms with E-state index in [2.05, 4.69) is 20.3 Å². The Morgan fingerprint density at radius 2 is 2.15 bits per heavy atom. The SMILES string of the molecule is CC(CC(=O)NCCC1CCCNC1)N=C1NS(=O)(=O)c2ccccc21.Cl. The molecule has 1 aromatic carbocycles. The number of nitrogens with zero attached hydrogens (tertiary/aromatic N) is 1. The van der Waals surface area contributed by atoms with Crippen molar-refractivity contribution in [3.63, 3.8) is 0 Å². The Hall–Kier alpha value is -1.64. The van der Waals surface area contributed by atoms with Gasteiger partial charge >= 0.3 is 0 Å². The average Bonchev–Trinajstić information content (AvgIpc) is 2.86. The maximum Gasteiger partial charge on any atom is 0.263 e. The number of sulfonamides is 1. The van der Waals surface area contributed by atoms with E-state index < -0.39 is 10.0 Å². The Balaban J connectivity index is 0.00000261. The second-order valence-corrected chi connectivity index (χ2v) is 8.63. The van der Waals surface area contributed by atoms with Gasteiger partial charge in [0.25, 0.3) is 10.0 Å². The summed E-state index contributed by atoms with van der Waals surface area (Å²) in [5.41, 5.74) is 0.560. The van der Waals surface area contributed by atoms with Gasteiger partial charge in [0.05, 0.1) is 10.9 Å². The van der Waals surface area contributed by atoms with Crippen molar-refractivity contribution in [1.82, 2.24) is 15.4 Å². The van der Waals surface area contributed by atoms with Crippen LogP contribution in [0.4, 0.5) is 0 Å². The number of aliphatic imine (C=N–C) groups is 1. The zero-order valence-electron chi connectivity index (χ0n) is 15.4. The monoisotopic (exact) mass is 414 g/mol. The number of benzene rings is 1. The molecule has 0 bridgehead atoms. The highest BCUT2D eigenvalue weighted by atomic mass is 35.5. The predicted octanol–water partition coefficient (Wildman–Crippen LogP) is 1.43. The van der Waals surface area contributed by atoms with E-state index in [4.69, 9.17) is 0 Å². The molecule has 3 N–H and O–H groups in total. The maximum absolute atomic E-state index is 12.1. The van der Waals surface area contributed by atoms with Crippen LogP contribution in [0, 0.1) is 5.92 Å². The summed E-state index contributed by atoms with van der Waals surface area (Å²) in [6.07, 6.45) is 3.63. The van der Waals surface area contributed by atoms with Gasteiger partial charge in [0.15, 0.2) is 0 Å². The average molecular weight is 415 g/mol. The Kier molecular flexibility index (Phi) is 7.64. The van der Waals surface area contributed by atoms with Crippen LogP contribution in [0.2, 0.25) is 0 Å². The summed E-state index contributed by atoms with van der Waals surface area (Å²) in [5, 5.41) is 6.32. The van der Waals surface area contributed by atoms with Gasteiger partial charge in [-0.15, -0.1) is 12.4 Å². The number of piperidine rings is 1. The first-order chi connectivity index (χ1) is 12.5. The molecule has 0 spiro atoms. The van der Waals surface area contributed by atoms with Gasteiger partial charge in [0.1, 0.15) is 5.84 Å². The molecule has 2 unspecified atom stereocenters. The number of rotatable bonds is 6. The van der Waals surface area contributed by atoms with Crippen molar-refractivity contribution in [3.05, 3.63) is 29.8 Å². The molecule has 7 nitrogen and oxygen atoms in total. The fraction of sp³-hybridized carbons (Fsp3) is 0.556. The van der Waals surface area contributed by atoms with Crippen LogP contribution in [0.5, 0.6) is 0 Å². The van der Waals surface area contributed by atoms with Gasteiger partial charge < -0.3 is 10.6 Å². The predicted molar refractivity (Wildman–Crippen MR) is 108 cm³/mol. The summed E-state index contributed by atoms with van der Waals surface area (Å²) >= 11 is 0. The number of amides is 1. The van der Waals surface area contributed by atoms with Crippen molar-refractivity contribution in [3.8, 4) is 0 Å². The molecule has 0 saturated carbocycles. The van der Waals surface area contributed by atoms with E-state index >= 15 is 0 Å². The Morgan fingerprint density at radius 3 is 2.89 bits per heavy atom. The molecule has 1 saturated heterocycles. The third-order valence-electron chi connectivity index (χ3n) is 4.77. The minimum Gasteiger partial charge on any atom is -0.356 e. The second kappa shape index (κ2) is 9.52. The summed E-state index contributed by atoms with van der Waals surface area (Å²) < 4.78 is 26.6. The van der Waals surface area contributed by atoms with Crippen molar-refractivity contribution >= 4 is 34.2 Å². The molecule has 0 aliphatic carbocycles. The van der Waals surface area contributed by atoms with Crippen LogP contribution >= 0.6 is 12.4 Å². The number of carbonyl (C=O) groups excluding carboxylic acids is 1. The van der Waals surface area contributed by atoms with Crippen LogP contribution in [-0.4, -0.2) is 45.8 Å². The molecule has 2 aliphatic rings. The number of nitrogens with one attached hydrogen (secondary N) is 3. The summed E-state index contributed by atoms with van der Waals surface area (Å²) in [6.45, 7) is 4.60. The minimum absolute atomic E-state index is 0. The van der Waals surface area contributed by atoms with Crippen LogP contribution < -0.4 is 15.4 Å². The number of carbonyl (C=O) groups is 1. The number of halogens is 1. The first-order valence-corrected chi connectivity index (χ1v) is 10.6. The fourth-order valence-corrected chi connectivity index (χ4v) is 4.66. The molecule has 0 radical (unpaired) electrons. The van der Waals surface area contributed by atoms with Gasteiger partial charge in [-0.2, -0.15) is 0 Å². The van der Waals surface area contributed by atoms with Gasteiger partial charge in [0.2, 0.25) is 5.91 Å². The molecule has 2 atom stereocenters. The van der Waals surface area contributed by atoms with E-state index in [1.54, 1.807) is 24.3 Å². The van der Waals surface area contributed by atoms with Crippen LogP contribution in [0.1, 0.15) is 38.2 Å². The van der Waals surface area contributed by atoms with Gasteiger partial charge in [-0.05, 0) is 57.3 Å². The summed E-state index contributed by atoms with van der Waals surface area (Å²) in [5.74, 6) is 0.889. The van der Waals surface area contributed by atoms with Crippen molar-refractivity contribution < 1.29 is 13.2 Å². The molecule has 2 aliphatic heterocycles. The molecule has 150 valence electrons. The molecular formula is C18H27ClN4O3S. The van der Waals surface area contributed by atoms with E-state index in [0.717, 1.165) is 19.5 Å². The van der Waals surface area contributed by atoms with Crippen LogP contribution in [0.25, 0.3) is 0 Å². The van der Waals surface area contributed by atoms with Crippen LogP contribution in [0.15, 0.2) is 34.2 Å². The van der Waals surface area contributed by atoms with E-state index in [9.17, 15) is 13.2 Å². The normalized spacial score (nSPS) is 23.0. The van der Waals surface area contributed by atoms with E-state index in [1.807, 2.05) is 6.92 Å². The van der Waals surface area contributed by atoms with Gasteiger partial charge in [-0.1, -0.05) is 12.1 Å². The molecule has 3 rings (SSSR count). The maximum atomic E-state index is 12.1. The van der Waals surface area contributed by atoms with Gasteiger partial charge in [-0.3, -0.25) is 14.5 Å². The molecular weight excluding hydrogens is 388 g/mol. The molecule has 0 aromatic heterocycles. The second-order valence-electron chi connectivity index (χ2n) is 6.98. The Morgan fingerprint density at radius 1 is 1.37 bits per heavy atom. The first kappa shape index (κ1) is 21.7. The van der Waals surface area contributed by atoms with Crippen molar-refractivity contribution in [2.45, 2.75) is 43.5 Å². The Bertz CT molecular complexity index is 792. The molecule has 1 amide bonds. The number of hydrogen-bond donors (Lipinski definition) is 3. The van der Waals surface area contributed by atoms with Gasteiger partial charge in [0, 0.05) is 18.5 Å². The quantitative estimate of drug-likeness (QED) is 0.655. The number of amidine groups is 1. The molecule has 1 aromatic rings. The summed E-state index contributed by atoms with van der Waals surface area (Å²) in [4.78, 5) is 16.7. The molecule has 2 heterocycles. The zero-order valence-corrected chi connectivity index (χ0v) is 17.0. The number of hydrogen-bond acceptors (Lipinski definition) is 5. The topological polar surface area (TPSA) is 99.7 Å². The Labute approximate surface area is 166 Å². The van der Waals surface area contributed by atoms with Crippen molar-refractivity contribution in [2.75, 3.05) is 19.6 Å². The third-order valence-corrected chi connectivity index (χ3v) is 6.16. The molecule has 9 heteroatoms. The minimum atomic E-state index is -3.54. The van der Waals surface area contributed by atoms with E-state index in [-0.39, 0.29) is 35.7 Å². The first-order valence-electron chi connectivity index (χ1n) is 9.13. The summed E-state index contributed by atoms with van der Waals surface area (Å²) in [6, 6.07) is 6.41. The van der Waals surface area contributed by atoms with Crippen molar-refractivity contribution in [1.29, 1.82) is 0 Å². The zero-order chi connectivity index (χ0) is 18.6. The smallest absolute Gasteiger partial charge is 0.263 e. The third kappa shape index (κ3) is 5.67.